The lowest BCUT2D eigenvalue weighted by Gasteiger charge is -2.21. The highest BCUT2D eigenvalue weighted by Crippen LogP contribution is 2.43. The van der Waals surface area contributed by atoms with E-state index < -0.39 is 57.8 Å². The van der Waals surface area contributed by atoms with Gasteiger partial charge in [-0.2, -0.15) is 0 Å². The second-order valence-corrected chi connectivity index (χ2v) is 22.6. The van der Waals surface area contributed by atoms with E-state index in [9.17, 15) is 28.9 Å². The molecule has 0 aromatic rings. The Balaban J connectivity index is 4.83. The summed E-state index contributed by atoms with van der Waals surface area (Å²) in [5, 5.41) is 9.87. The molecule has 0 bridgehead atoms. The van der Waals surface area contributed by atoms with Gasteiger partial charge in [-0.15, -0.1) is 0 Å². The van der Waals surface area contributed by atoms with E-state index in [0.29, 0.717) is 25.7 Å². The summed E-state index contributed by atoms with van der Waals surface area (Å²) in [7, 11) is -4.79. The first kappa shape index (κ1) is 79.4. The highest BCUT2D eigenvalue weighted by molar-refractivity contribution is 7.47. The number of phosphoric acid groups is 1. The van der Waals surface area contributed by atoms with Gasteiger partial charge in [-0.3, -0.25) is 23.4 Å². The second kappa shape index (κ2) is 64.4. The van der Waals surface area contributed by atoms with Crippen LogP contribution in [0.15, 0.2) is 146 Å². The molecule has 84 heavy (non-hydrogen) atoms. The highest BCUT2D eigenvalue weighted by atomic mass is 31.2. The van der Waals surface area contributed by atoms with Crippen molar-refractivity contribution in [2.24, 2.45) is 0 Å². The fourth-order valence-corrected chi connectivity index (χ4v) is 9.13. The van der Waals surface area contributed by atoms with Gasteiger partial charge in [0.1, 0.15) is 12.7 Å². The molecule has 0 saturated carbocycles. The van der Waals surface area contributed by atoms with Gasteiger partial charge < -0.3 is 24.2 Å². The number of hydrogen-bond acceptors (Lipinski definition) is 10. The molecule has 0 rings (SSSR count). The zero-order valence-corrected chi connectivity index (χ0v) is 53.7. The Hall–Kier alpha value is -4.64. The third-order valence-corrected chi connectivity index (χ3v) is 14.2. The lowest BCUT2D eigenvalue weighted by atomic mass is 10.1. The van der Waals surface area contributed by atoms with E-state index in [-0.39, 0.29) is 25.9 Å². The number of aliphatic hydroxyl groups is 1. The maximum absolute atomic E-state index is 13.0. The van der Waals surface area contributed by atoms with Crippen LogP contribution in [-0.4, -0.2) is 66.5 Å². The molecule has 0 aliphatic heterocycles. The number of allylic oxidation sites excluding steroid dienone is 24. The molecule has 11 nitrogen and oxygen atoms in total. The quantitative estimate of drug-likeness (QED) is 0.0197. The minimum Gasteiger partial charge on any atom is -0.462 e. The molecule has 0 aliphatic carbocycles. The number of hydrogen-bond donors (Lipinski definition) is 2. The van der Waals surface area contributed by atoms with Crippen molar-refractivity contribution in [2.45, 2.75) is 264 Å². The third kappa shape index (κ3) is 61.9. The number of ether oxygens (including phenoxy) is 3. The summed E-state index contributed by atoms with van der Waals surface area (Å²) in [6.45, 7) is 4.30. The molecule has 0 aromatic heterocycles. The average Bonchev–Trinajstić information content (AvgIpc) is 3.53. The molecule has 0 spiro atoms. The molecule has 12 heteroatoms. The van der Waals surface area contributed by atoms with Crippen LogP contribution < -0.4 is 0 Å². The lowest BCUT2D eigenvalue weighted by Crippen LogP contribution is -2.30. The third-order valence-electron chi connectivity index (χ3n) is 13.2. The molecule has 2 N–H and O–H groups in total. The predicted molar refractivity (Wildman–Crippen MR) is 352 cm³/mol. The normalized spacial score (nSPS) is 14.2. The van der Waals surface area contributed by atoms with Gasteiger partial charge in [0.25, 0.3) is 0 Å². The van der Waals surface area contributed by atoms with E-state index in [1.807, 2.05) is 12.2 Å². The van der Waals surface area contributed by atoms with Crippen molar-refractivity contribution >= 4 is 25.7 Å². The molecule has 0 fully saturated rings. The SMILES string of the molecule is CC/C=C\C/C=C\C/C=C\C/C=C\C/C=C\C/C=C\CCC(=O)OC(COC(=O)CCCCCCCC/C=C\C/C=C\C/C=C\C/C=C\CC)COP(=O)(O)OCC(CO)OC(=O)CCCCCCCCCCC/C=C\C/C=C\CCCCC. The molecular weight excluding hydrogens is 1070 g/mol. The summed E-state index contributed by atoms with van der Waals surface area (Å²) in [6.07, 6.45) is 83.8. The van der Waals surface area contributed by atoms with Crippen LogP contribution in [0.1, 0.15) is 252 Å². The van der Waals surface area contributed by atoms with E-state index in [1.54, 1.807) is 0 Å². The van der Waals surface area contributed by atoms with Crippen LogP contribution in [-0.2, 0) is 42.2 Å². The molecule has 3 unspecified atom stereocenters. The predicted octanol–water partition coefficient (Wildman–Crippen LogP) is 20.3. The number of phosphoric ester groups is 1. The Kier molecular flexibility index (Phi) is 60.8. The molecule has 0 amide bonds. The first-order valence-electron chi connectivity index (χ1n) is 32.7. The van der Waals surface area contributed by atoms with Gasteiger partial charge in [-0.25, -0.2) is 4.57 Å². The van der Waals surface area contributed by atoms with Gasteiger partial charge in [0.15, 0.2) is 6.10 Å². The fraction of sp³-hybridized carbons (Fsp3) is 0.625. The lowest BCUT2D eigenvalue weighted by molar-refractivity contribution is -0.161. The standard InChI is InChI=1S/C72H117O11P/c1-4-7-10-13-16-19-22-25-28-31-34-37-40-43-46-49-52-55-58-61-70(74)79-65-69(83-72(76)63-60-57-54-51-48-45-42-39-36-33-30-27-24-21-18-15-12-9-6-3)67-81-84(77,78)80-66-68(64-73)82-71(75)62-59-56-53-50-47-44-41-38-35-32-29-26-23-20-17-14-11-8-5-2/h7,9-10,12,16-21,25-30,34,36-37,39,45,48,54,57,68-69,73H,4-6,8,11,13-15,22-24,31-33,35,38,40-44,46-47,49-53,55-56,58-67H2,1-3H3,(H,77,78)/b10-7-,12-9-,19-16-,20-17-,21-18-,28-25-,29-26-,30-27-,37-34-,39-36-,48-45-,57-54-. The van der Waals surface area contributed by atoms with E-state index >= 15 is 0 Å². The number of carbonyl (C=O) groups is 3. The van der Waals surface area contributed by atoms with Crippen LogP contribution >= 0.6 is 7.82 Å². The van der Waals surface area contributed by atoms with Crippen LogP contribution in [0.4, 0.5) is 0 Å². The summed E-state index contributed by atoms with van der Waals surface area (Å²) in [6, 6.07) is 0. The molecule has 0 aliphatic rings. The minimum atomic E-state index is -4.79. The molecule has 0 aromatic carbocycles. The van der Waals surface area contributed by atoms with Crippen molar-refractivity contribution in [2.75, 3.05) is 26.4 Å². The Bertz CT molecular complexity index is 1970. The summed E-state index contributed by atoms with van der Waals surface area (Å²) >= 11 is 0. The fourth-order valence-electron chi connectivity index (χ4n) is 8.34. The van der Waals surface area contributed by atoms with Crippen molar-refractivity contribution in [1.82, 2.24) is 0 Å². The van der Waals surface area contributed by atoms with Gasteiger partial charge in [0.2, 0.25) is 0 Å². The smallest absolute Gasteiger partial charge is 0.462 e. The van der Waals surface area contributed by atoms with E-state index in [2.05, 4.69) is 154 Å². The van der Waals surface area contributed by atoms with Crippen LogP contribution in [0.2, 0.25) is 0 Å². The molecular formula is C72H117O11P. The summed E-state index contributed by atoms with van der Waals surface area (Å²) < 4.78 is 39.6. The average molecular weight is 1190 g/mol. The number of aliphatic hydroxyl groups excluding tert-OH is 1. The van der Waals surface area contributed by atoms with Crippen LogP contribution in [0, 0.1) is 0 Å². The number of rotatable bonds is 59. The highest BCUT2D eigenvalue weighted by Gasteiger charge is 2.28. The van der Waals surface area contributed by atoms with Gasteiger partial charge >= 0.3 is 25.7 Å². The molecule has 0 radical (unpaired) electrons. The van der Waals surface area contributed by atoms with Gasteiger partial charge in [0.05, 0.1) is 19.8 Å². The number of esters is 3. The number of carbonyl (C=O) groups excluding carboxylic acids is 3. The topological polar surface area (TPSA) is 155 Å². The molecule has 3 atom stereocenters. The Labute approximate surface area is 512 Å². The first-order valence-corrected chi connectivity index (χ1v) is 34.2. The van der Waals surface area contributed by atoms with Crippen molar-refractivity contribution in [3.8, 4) is 0 Å². The van der Waals surface area contributed by atoms with Crippen molar-refractivity contribution in [1.29, 1.82) is 0 Å². The molecule has 0 heterocycles. The second-order valence-electron chi connectivity index (χ2n) is 21.2. The summed E-state index contributed by atoms with van der Waals surface area (Å²) in [5.74, 6) is -1.60. The van der Waals surface area contributed by atoms with E-state index in [1.165, 1.54) is 57.8 Å². The Morgan fingerprint density at radius 3 is 1.02 bits per heavy atom. The molecule has 476 valence electrons. The van der Waals surface area contributed by atoms with Crippen LogP contribution in [0.3, 0.4) is 0 Å². The summed E-state index contributed by atoms with van der Waals surface area (Å²) in [5.41, 5.74) is 0. The van der Waals surface area contributed by atoms with E-state index in [4.69, 9.17) is 23.3 Å². The van der Waals surface area contributed by atoms with Crippen LogP contribution in [0.5, 0.6) is 0 Å². The van der Waals surface area contributed by atoms with E-state index in [0.717, 1.165) is 128 Å². The molecule has 0 saturated heterocycles. The monoisotopic (exact) mass is 1190 g/mol. The number of unbranched alkanes of at least 4 members (excludes halogenated alkanes) is 18. The van der Waals surface area contributed by atoms with Crippen LogP contribution in [0.25, 0.3) is 0 Å². The first-order chi connectivity index (χ1) is 41.2. The van der Waals surface area contributed by atoms with Gasteiger partial charge in [-0.05, 0) is 128 Å². The zero-order valence-electron chi connectivity index (χ0n) is 52.8. The summed E-state index contributed by atoms with van der Waals surface area (Å²) in [4.78, 5) is 48.8. The van der Waals surface area contributed by atoms with Gasteiger partial charge in [-0.1, -0.05) is 250 Å². The van der Waals surface area contributed by atoms with Crippen molar-refractivity contribution in [3.63, 3.8) is 0 Å². The maximum Gasteiger partial charge on any atom is 0.472 e. The van der Waals surface area contributed by atoms with Crippen molar-refractivity contribution < 1.29 is 52.2 Å². The minimum absolute atomic E-state index is 0.0312. The van der Waals surface area contributed by atoms with Gasteiger partial charge in [0, 0.05) is 19.3 Å². The zero-order chi connectivity index (χ0) is 61.2. The Morgan fingerprint density at radius 2 is 0.643 bits per heavy atom. The maximum atomic E-state index is 13.0. The Morgan fingerprint density at radius 1 is 0.345 bits per heavy atom. The van der Waals surface area contributed by atoms with Crippen molar-refractivity contribution in [3.05, 3.63) is 146 Å². The largest absolute Gasteiger partial charge is 0.472 e.